The van der Waals surface area contributed by atoms with Crippen molar-refractivity contribution in [3.63, 3.8) is 0 Å². The Kier molecular flexibility index (Phi) is 11.7. The molecule has 2 heterocycles. The second-order valence-electron chi connectivity index (χ2n) is 8.29. The first-order chi connectivity index (χ1) is 15.4. The molecule has 35 heavy (non-hydrogen) atoms. The van der Waals surface area contributed by atoms with Gasteiger partial charge in [0, 0.05) is 42.5 Å². The fourth-order valence-electron chi connectivity index (χ4n) is 4.70. The predicted molar refractivity (Wildman–Crippen MR) is 137 cm³/mol. The molecule has 189 valence electrons. The van der Waals surface area contributed by atoms with Crippen molar-refractivity contribution in [2.24, 2.45) is 14.1 Å². The van der Waals surface area contributed by atoms with E-state index in [0.717, 1.165) is 33.5 Å². The van der Waals surface area contributed by atoms with E-state index in [1.165, 1.54) is 22.5 Å². The van der Waals surface area contributed by atoms with Gasteiger partial charge in [0.15, 0.2) is 0 Å². The Morgan fingerprint density at radius 2 is 1.03 bits per heavy atom. The van der Waals surface area contributed by atoms with E-state index < -0.39 is 0 Å². The van der Waals surface area contributed by atoms with Crippen LogP contribution in [0.25, 0.3) is 11.4 Å². The maximum absolute atomic E-state index is 6.09. The first kappa shape index (κ1) is 31.4. The number of hydrogen-bond acceptors (Lipinski definition) is 2. The minimum Gasteiger partial charge on any atom is -1.00 e. The van der Waals surface area contributed by atoms with Crippen molar-refractivity contribution in [1.82, 2.24) is 18.7 Å². The van der Waals surface area contributed by atoms with Gasteiger partial charge in [-0.1, -0.05) is 74.2 Å². The largest absolute Gasteiger partial charge is 2.00 e. The number of aromatic nitrogens is 4. The monoisotopic (exact) mass is 591 g/mol. The molecule has 0 aliphatic carbocycles. The summed E-state index contributed by atoms with van der Waals surface area (Å²) in [5.41, 5.74) is 6.92. The normalized spacial score (nSPS) is 10.5. The number of halogens is 2. The molecule has 4 aromatic rings. The van der Waals surface area contributed by atoms with Gasteiger partial charge in [-0.15, -0.1) is 0 Å². The standard InChI is InChI=1S/C26H30N4S2.2ClH.Co/c1-6-13-22(23-18(2)27(4)29(25(23)31)20-14-9-7-10-15-20)24-19(3)28(5)30(26(24)32)21-16-11-8-12-17-21;;;/h7-12,14-17,22H,6,13H2,1-5H3;2*1H;/q;;;+2/p-2. The molecule has 0 saturated carbocycles. The van der Waals surface area contributed by atoms with E-state index >= 15 is 0 Å². The summed E-state index contributed by atoms with van der Waals surface area (Å²) in [7, 11) is 4.17. The average Bonchev–Trinajstić information content (AvgIpc) is 3.16. The van der Waals surface area contributed by atoms with Gasteiger partial charge in [-0.3, -0.25) is 9.36 Å². The molecule has 0 fully saturated rings. The van der Waals surface area contributed by atoms with E-state index in [0.29, 0.717) is 0 Å². The van der Waals surface area contributed by atoms with Gasteiger partial charge in [0.2, 0.25) is 0 Å². The fraction of sp³-hybridized carbons (Fsp3) is 0.308. The van der Waals surface area contributed by atoms with Crippen LogP contribution in [0.1, 0.15) is 48.2 Å². The SMILES string of the molecule is CCCC(c1c(C)n(C)n(-c2ccccc2)c1=S)c1c(C)n(C)n(-c2ccccc2)c1=S.[Cl-].[Cl-].[Co+2]. The van der Waals surface area contributed by atoms with E-state index in [9.17, 15) is 0 Å². The maximum Gasteiger partial charge on any atom is 2.00 e. The number of hydrogen-bond donors (Lipinski definition) is 0. The molecule has 9 heteroatoms. The van der Waals surface area contributed by atoms with Gasteiger partial charge in [0.05, 0.1) is 11.4 Å². The minimum absolute atomic E-state index is 0. The van der Waals surface area contributed by atoms with Crippen molar-refractivity contribution in [2.75, 3.05) is 0 Å². The van der Waals surface area contributed by atoms with Gasteiger partial charge in [-0.25, -0.2) is 9.36 Å². The zero-order valence-corrected chi connectivity index (χ0v) is 24.6. The first-order valence-electron chi connectivity index (χ1n) is 11.1. The van der Waals surface area contributed by atoms with Crippen molar-refractivity contribution >= 4 is 24.4 Å². The Morgan fingerprint density at radius 1 is 0.686 bits per heavy atom. The molecule has 1 radical (unpaired) electrons. The summed E-state index contributed by atoms with van der Waals surface area (Å²) in [4.78, 5) is 0. The molecule has 0 spiro atoms. The summed E-state index contributed by atoms with van der Waals surface area (Å²) in [5, 5.41) is 0. The zero-order valence-electron chi connectivity index (χ0n) is 20.5. The zero-order chi connectivity index (χ0) is 23.0. The van der Waals surface area contributed by atoms with Crippen molar-refractivity contribution in [1.29, 1.82) is 0 Å². The van der Waals surface area contributed by atoms with Crippen molar-refractivity contribution in [2.45, 2.75) is 39.5 Å². The second-order valence-corrected chi connectivity index (χ2v) is 9.07. The third-order valence-corrected chi connectivity index (χ3v) is 7.26. The van der Waals surface area contributed by atoms with Crippen LogP contribution in [0.4, 0.5) is 0 Å². The number of para-hydroxylation sites is 2. The Balaban J connectivity index is 0.00000204. The van der Waals surface area contributed by atoms with Crippen LogP contribution in [-0.4, -0.2) is 18.7 Å². The average molecular weight is 593 g/mol. The van der Waals surface area contributed by atoms with Crippen LogP contribution in [0, 0.1) is 23.1 Å². The molecule has 0 saturated heterocycles. The first-order valence-corrected chi connectivity index (χ1v) is 11.9. The molecule has 0 aliphatic heterocycles. The molecule has 0 unspecified atom stereocenters. The van der Waals surface area contributed by atoms with E-state index in [2.05, 4.69) is 77.9 Å². The maximum atomic E-state index is 6.09. The summed E-state index contributed by atoms with van der Waals surface area (Å²) < 4.78 is 10.3. The quantitative estimate of drug-likeness (QED) is 0.311. The Bertz CT molecular complexity index is 1270. The summed E-state index contributed by atoms with van der Waals surface area (Å²) in [5.74, 6) is 0.146. The molecular weight excluding hydrogens is 562 g/mol. The number of nitrogens with zero attached hydrogens (tertiary/aromatic N) is 4. The number of benzene rings is 2. The molecule has 2 aromatic heterocycles. The Hall–Kier alpha value is -1.61. The fourth-order valence-corrected chi connectivity index (χ4v) is 5.74. The smallest absolute Gasteiger partial charge is 1.00 e. The summed E-state index contributed by atoms with van der Waals surface area (Å²) >= 11 is 12.2. The van der Waals surface area contributed by atoms with Crippen LogP contribution in [0.15, 0.2) is 60.7 Å². The van der Waals surface area contributed by atoms with Gasteiger partial charge >= 0.3 is 16.8 Å². The third kappa shape index (κ3) is 5.55. The van der Waals surface area contributed by atoms with E-state index in [4.69, 9.17) is 24.4 Å². The van der Waals surface area contributed by atoms with Crippen LogP contribution < -0.4 is 24.8 Å². The summed E-state index contributed by atoms with van der Waals surface area (Å²) in [6.45, 7) is 6.56. The van der Waals surface area contributed by atoms with E-state index in [1.807, 2.05) is 36.4 Å². The molecule has 0 atom stereocenters. The van der Waals surface area contributed by atoms with E-state index in [1.54, 1.807) is 0 Å². The summed E-state index contributed by atoms with van der Waals surface area (Å²) in [6, 6.07) is 20.7. The molecule has 0 aliphatic rings. The van der Waals surface area contributed by atoms with Gasteiger partial charge in [0.1, 0.15) is 9.28 Å². The van der Waals surface area contributed by atoms with Gasteiger partial charge < -0.3 is 24.8 Å². The van der Waals surface area contributed by atoms with Gasteiger partial charge in [0.25, 0.3) is 0 Å². The van der Waals surface area contributed by atoms with Crippen LogP contribution in [0.3, 0.4) is 0 Å². The minimum atomic E-state index is 0. The van der Waals surface area contributed by atoms with Crippen LogP contribution in [-0.2, 0) is 30.9 Å². The van der Waals surface area contributed by atoms with Gasteiger partial charge in [-0.2, -0.15) is 0 Å². The second kappa shape index (κ2) is 13.1. The Morgan fingerprint density at radius 3 is 1.34 bits per heavy atom. The molecular formula is C26H30Cl2CoN4S2. The topological polar surface area (TPSA) is 19.7 Å². The molecule has 0 N–H and O–H groups in total. The number of rotatable bonds is 6. The van der Waals surface area contributed by atoms with Crippen molar-refractivity contribution < 1.29 is 41.6 Å². The van der Waals surface area contributed by atoms with Crippen LogP contribution >= 0.6 is 24.4 Å². The van der Waals surface area contributed by atoms with Crippen LogP contribution in [0.5, 0.6) is 0 Å². The van der Waals surface area contributed by atoms with Gasteiger partial charge in [-0.05, 0) is 44.5 Å². The summed E-state index contributed by atoms with van der Waals surface area (Å²) in [6.07, 6.45) is 2.04. The molecule has 0 bridgehead atoms. The van der Waals surface area contributed by atoms with E-state index in [-0.39, 0.29) is 47.5 Å². The molecule has 4 nitrogen and oxygen atoms in total. The van der Waals surface area contributed by atoms with Crippen molar-refractivity contribution in [3.8, 4) is 11.4 Å². The van der Waals surface area contributed by atoms with Crippen LogP contribution in [0.2, 0.25) is 0 Å². The van der Waals surface area contributed by atoms with Crippen molar-refractivity contribution in [3.05, 3.63) is 92.5 Å². The molecule has 0 amide bonds. The Labute approximate surface area is 241 Å². The molecule has 4 rings (SSSR count). The molecule has 2 aromatic carbocycles. The third-order valence-electron chi connectivity index (χ3n) is 6.47. The predicted octanol–water partition coefficient (Wildman–Crippen LogP) is 0.958.